The highest BCUT2D eigenvalue weighted by atomic mass is 32.1. The van der Waals surface area contributed by atoms with Gasteiger partial charge in [0.1, 0.15) is 17.3 Å². The standard InChI is InChI=1S/C22H25F2N5O4S/c1-22(2)32-12-18(33-22)20(30)28-6-4-13(5-7-28)19-16(23)8-15(9-17(19)24)29-11-14(26-27-29)10-25-21(34)31-3/h4,8-9,11,18H,5-7,10,12H2,1-3H3,(H,25,34)/t18-/m1/s1. The van der Waals surface area contributed by atoms with Gasteiger partial charge in [-0.25, -0.2) is 13.5 Å². The molecular weight excluding hydrogens is 468 g/mol. The summed E-state index contributed by atoms with van der Waals surface area (Å²) in [6, 6.07) is 2.41. The molecule has 2 aliphatic heterocycles. The van der Waals surface area contributed by atoms with E-state index in [4.69, 9.17) is 26.4 Å². The van der Waals surface area contributed by atoms with Gasteiger partial charge in [-0.2, -0.15) is 0 Å². The summed E-state index contributed by atoms with van der Waals surface area (Å²) in [6.45, 7) is 4.50. The SMILES string of the molecule is COC(=S)NCc1cn(-c2cc(F)c(C3=CCN(C(=O)[C@H]4COC(C)(C)O4)CC3)c(F)c2)nn1. The van der Waals surface area contributed by atoms with Crippen molar-refractivity contribution in [3.63, 3.8) is 0 Å². The van der Waals surface area contributed by atoms with Crippen LogP contribution in [0.25, 0.3) is 11.3 Å². The summed E-state index contributed by atoms with van der Waals surface area (Å²) in [5.41, 5.74) is 1.11. The summed E-state index contributed by atoms with van der Waals surface area (Å²) in [6.07, 6.45) is 2.85. The maximum Gasteiger partial charge on any atom is 0.256 e. The molecule has 0 saturated carbocycles. The number of carbonyl (C=O) groups excluding carboxylic acids is 1. The van der Waals surface area contributed by atoms with Crippen molar-refractivity contribution in [2.24, 2.45) is 0 Å². The summed E-state index contributed by atoms with van der Waals surface area (Å²) < 4.78 is 47.1. The first-order valence-corrected chi connectivity index (χ1v) is 11.1. The predicted octanol–water partition coefficient (Wildman–Crippen LogP) is 2.33. The van der Waals surface area contributed by atoms with Crippen LogP contribution in [0.5, 0.6) is 0 Å². The number of nitrogens with zero attached hydrogens (tertiary/aromatic N) is 4. The van der Waals surface area contributed by atoms with E-state index in [1.165, 1.54) is 23.9 Å². The maximum absolute atomic E-state index is 15.0. The van der Waals surface area contributed by atoms with Gasteiger partial charge in [0.05, 0.1) is 32.1 Å². The second-order valence-corrected chi connectivity index (χ2v) is 8.74. The highest BCUT2D eigenvalue weighted by Gasteiger charge is 2.39. The quantitative estimate of drug-likeness (QED) is 0.635. The van der Waals surface area contributed by atoms with E-state index >= 15 is 0 Å². The first-order valence-electron chi connectivity index (χ1n) is 10.7. The van der Waals surface area contributed by atoms with Crippen molar-refractivity contribution >= 4 is 28.9 Å². The van der Waals surface area contributed by atoms with E-state index in [1.54, 1.807) is 31.0 Å². The Bertz CT molecular complexity index is 1110. The Morgan fingerprint density at radius 1 is 1.35 bits per heavy atom. The molecule has 0 spiro atoms. The molecule has 2 aliphatic rings. The third-order valence-corrected chi connectivity index (χ3v) is 5.87. The van der Waals surface area contributed by atoms with E-state index in [1.807, 2.05) is 0 Å². The molecule has 0 aliphatic carbocycles. The summed E-state index contributed by atoms with van der Waals surface area (Å²) >= 11 is 4.90. The van der Waals surface area contributed by atoms with Gasteiger partial charge < -0.3 is 24.4 Å². The number of hydrogen-bond acceptors (Lipinski definition) is 7. The Morgan fingerprint density at radius 3 is 2.68 bits per heavy atom. The molecule has 1 aromatic carbocycles. The zero-order valence-corrected chi connectivity index (χ0v) is 19.8. The number of rotatable bonds is 5. The topological polar surface area (TPSA) is 90.7 Å². The largest absolute Gasteiger partial charge is 0.474 e. The zero-order valence-electron chi connectivity index (χ0n) is 19.0. The molecular formula is C22H25F2N5O4S. The molecule has 2 aromatic rings. The summed E-state index contributed by atoms with van der Waals surface area (Å²) in [7, 11) is 1.44. The Labute approximate surface area is 200 Å². The number of hydrogen-bond donors (Lipinski definition) is 1. The Balaban J connectivity index is 1.45. The van der Waals surface area contributed by atoms with Crippen LogP contribution in [0.15, 0.2) is 24.4 Å². The number of methoxy groups -OCH3 is 1. The molecule has 0 bridgehead atoms. The molecule has 0 radical (unpaired) electrons. The number of ether oxygens (including phenoxy) is 3. The molecule has 1 aromatic heterocycles. The number of carbonyl (C=O) groups is 1. The fourth-order valence-corrected chi connectivity index (χ4v) is 3.92. The van der Waals surface area contributed by atoms with Gasteiger partial charge in [0.25, 0.3) is 11.1 Å². The van der Waals surface area contributed by atoms with Crippen molar-refractivity contribution in [3.05, 3.63) is 47.3 Å². The Morgan fingerprint density at radius 2 is 2.09 bits per heavy atom. The van der Waals surface area contributed by atoms with Crippen molar-refractivity contribution in [3.8, 4) is 5.69 Å². The van der Waals surface area contributed by atoms with Crippen LogP contribution in [0.1, 0.15) is 31.5 Å². The average molecular weight is 494 g/mol. The number of aromatic nitrogens is 3. The van der Waals surface area contributed by atoms with Crippen LogP contribution in [0.3, 0.4) is 0 Å². The van der Waals surface area contributed by atoms with Crippen LogP contribution < -0.4 is 5.32 Å². The third kappa shape index (κ3) is 5.24. The minimum atomic E-state index is -0.802. The monoisotopic (exact) mass is 493 g/mol. The van der Waals surface area contributed by atoms with Crippen LogP contribution >= 0.6 is 12.2 Å². The van der Waals surface area contributed by atoms with Crippen molar-refractivity contribution in [2.45, 2.75) is 38.7 Å². The van der Waals surface area contributed by atoms with Crippen molar-refractivity contribution in [1.29, 1.82) is 0 Å². The van der Waals surface area contributed by atoms with Gasteiger partial charge in [0.15, 0.2) is 11.9 Å². The number of halogens is 2. The number of amides is 1. The third-order valence-electron chi connectivity index (χ3n) is 5.56. The molecule has 1 N–H and O–H groups in total. The van der Waals surface area contributed by atoms with Crippen molar-refractivity contribution in [2.75, 3.05) is 26.8 Å². The minimum absolute atomic E-state index is 0.107. The summed E-state index contributed by atoms with van der Waals surface area (Å²) in [5.74, 6) is -2.43. The number of benzene rings is 1. The van der Waals surface area contributed by atoms with Crippen LogP contribution in [0.4, 0.5) is 8.78 Å². The van der Waals surface area contributed by atoms with E-state index in [0.717, 1.165) is 0 Å². The Hall–Kier alpha value is -2.96. The van der Waals surface area contributed by atoms with Crippen LogP contribution in [-0.2, 0) is 25.5 Å². The van der Waals surface area contributed by atoms with Gasteiger partial charge >= 0.3 is 0 Å². The highest BCUT2D eigenvalue weighted by Crippen LogP contribution is 2.30. The molecule has 1 amide bonds. The lowest BCUT2D eigenvalue weighted by Crippen LogP contribution is -2.43. The van der Waals surface area contributed by atoms with E-state index < -0.39 is 23.5 Å². The predicted molar refractivity (Wildman–Crippen MR) is 122 cm³/mol. The van der Waals surface area contributed by atoms with Gasteiger partial charge in [0.2, 0.25) is 0 Å². The molecule has 12 heteroatoms. The zero-order chi connectivity index (χ0) is 24.5. The van der Waals surface area contributed by atoms with E-state index in [-0.39, 0.29) is 42.0 Å². The molecule has 9 nitrogen and oxygen atoms in total. The Kier molecular flexibility index (Phi) is 6.91. The lowest BCUT2D eigenvalue weighted by atomic mass is 9.97. The number of nitrogens with one attached hydrogen (secondary N) is 1. The summed E-state index contributed by atoms with van der Waals surface area (Å²) in [5, 5.41) is 10.9. The smallest absolute Gasteiger partial charge is 0.256 e. The van der Waals surface area contributed by atoms with Gasteiger partial charge in [-0.3, -0.25) is 4.79 Å². The molecule has 4 rings (SSSR count). The highest BCUT2D eigenvalue weighted by molar-refractivity contribution is 7.80. The van der Waals surface area contributed by atoms with Gasteiger partial charge in [-0.15, -0.1) is 5.10 Å². The molecule has 34 heavy (non-hydrogen) atoms. The second kappa shape index (κ2) is 9.72. The maximum atomic E-state index is 15.0. The van der Waals surface area contributed by atoms with E-state index in [0.29, 0.717) is 24.2 Å². The lowest BCUT2D eigenvalue weighted by molar-refractivity contribution is -0.159. The first kappa shape index (κ1) is 24.2. The normalized spacial score (nSPS) is 19.6. The van der Waals surface area contributed by atoms with Gasteiger partial charge in [-0.05, 0) is 38.1 Å². The van der Waals surface area contributed by atoms with Gasteiger partial charge in [-0.1, -0.05) is 11.3 Å². The van der Waals surface area contributed by atoms with E-state index in [9.17, 15) is 13.6 Å². The number of thiocarbonyl (C=S) groups is 1. The minimum Gasteiger partial charge on any atom is -0.474 e. The van der Waals surface area contributed by atoms with Crippen molar-refractivity contribution < 1.29 is 27.8 Å². The second-order valence-electron chi connectivity index (χ2n) is 8.36. The van der Waals surface area contributed by atoms with Crippen LogP contribution in [-0.4, -0.2) is 69.7 Å². The summed E-state index contributed by atoms with van der Waals surface area (Å²) in [4.78, 5) is 14.3. The first-order chi connectivity index (χ1) is 16.2. The fraction of sp³-hybridized carbons (Fsp3) is 0.455. The van der Waals surface area contributed by atoms with E-state index in [2.05, 4.69) is 15.6 Å². The molecule has 1 saturated heterocycles. The molecule has 1 fully saturated rings. The van der Waals surface area contributed by atoms with Crippen LogP contribution in [0, 0.1) is 11.6 Å². The molecule has 182 valence electrons. The fourth-order valence-electron chi connectivity index (χ4n) is 3.85. The average Bonchev–Trinajstić information content (AvgIpc) is 3.43. The van der Waals surface area contributed by atoms with Gasteiger partial charge in [0, 0.05) is 30.8 Å². The molecule has 3 heterocycles. The lowest BCUT2D eigenvalue weighted by Gasteiger charge is -2.29. The van der Waals surface area contributed by atoms with Crippen LogP contribution in [0.2, 0.25) is 0 Å². The van der Waals surface area contributed by atoms with Crippen molar-refractivity contribution in [1.82, 2.24) is 25.2 Å². The molecule has 1 atom stereocenters. The molecule has 0 unspecified atom stereocenters.